The van der Waals surface area contributed by atoms with E-state index in [1.54, 1.807) is 140 Å². The molecule has 3 aliphatic rings. The number of carbonyl (C=O) groups excluding carboxylic acids is 2. The highest BCUT2D eigenvalue weighted by molar-refractivity contribution is 6.00. The summed E-state index contributed by atoms with van der Waals surface area (Å²) in [6.07, 6.45) is -8.22. The van der Waals surface area contributed by atoms with E-state index in [0.717, 1.165) is 117 Å². The van der Waals surface area contributed by atoms with Gasteiger partial charge in [0.2, 0.25) is 0 Å². The van der Waals surface area contributed by atoms with Crippen LogP contribution in [0.3, 0.4) is 0 Å². The molecule has 15 heteroatoms. The van der Waals surface area contributed by atoms with Crippen LogP contribution >= 0.6 is 0 Å². The predicted octanol–water partition coefficient (Wildman–Crippen LogP) is 18.1. The highest BCUT2D eigenvalue weighted by Crippen LogP contribution is 2.53. The number of hydrogen-bond donors (Lipinski definition) is 0. The number of benzene rings is 8. The minimum Gasteiger partial charge on any atom is -0.412 e. The summed E-state index contributed by atoms with van der Waals surface area (Å²) in [4.78, 5) is 25.6. The average Bonchev–Trinajstić information content (AvgIpc) is 0.734. The first-order chi connectivity index (χ1) is 42.9. The lowest BCUT2D eigenvalue weighted by atomic mass is 9.67. The van der Waals surface area contributed by atoms with Gasteiger partial charge in [0.1, 0.15) is 16.6 Å². The van der Waals surface area contributed by atoms with E-state index < -0.39 is 35.1 Å². The van der Waals surface area contributed by atoms with Crippen LogP contribution in [0.15, 0.2) is 224 Å². The zero-order chi connectivity index (χ0) is 66.3. The molecule has 3 heterocycles. The molecule has 0 bridgehead atoms. The molecule has 2 atom stereocenters. The van der Waals surface area contributed by atoms with Gasteiger partial charge in [-0.3, -0.25) is 9.59 Å². The number of nitrogens with zero attached hydrogens (tertiary/aromatic N) is 3. The maximum absolute atomic E-state index is 15.1. The molecule has 3 fully saturated rings. The minimum atomic E-state index is -4.78. The number of likely N-dealkylation sites (tertiary alicyclic amines) is 3. The lowest BCUT2D eigenvalue weighted by molar-refractivity contribution is -0.896. The molecule has 2 unspecified atom stereocenters. The highest BCUT2D eigenvalue weighted by atomic mass is 19.4. The number of halogens is 9. The largest absolute Gasteiger partial charge is 0.454 e. The number of ketones is 2. The molecule has 0 aliphatic carbocycles. The molecule has 8 aromatic rings. The third kappa shape index (κ3) is 18.8. The van der Waals surface area contributed by atoms with Crippen LogP contribution in [0, 0.1) is 13.8 Å². The summed E-state index contributed by atoms with van der Waals surface area (Å²) >= 11 is 0. The van der Waals surface area contributed by atoms with Gasteiger partial charge >= 0.3 is 18.5 Å². The van der Waals surface area contributed by atoms with Gasteiger partial charge in [-0.25, -0.2) is 0 Å². The van der Waals surface area contributed by atoms with Crippen LogP contribution in [0.4, 0.5) is 39.5 Å². The van der Waals surface area contributed by atoms with E-state index in [9.17, 15) is 22.8 Å². The van der Waals surface area contributed by atoms with Crippen LogP contribution < -0.4 is 0 Å². The number of hydrogen-bond acceptors (Lipinski definition) is 4. The SMILES string of the molecule is C.CN1CCC(=O)CC1.Cc1ccc(C(c2ccccc2)(c2ccc(C3(C)CCN(C)CC3)cc2)C(F)(F)F)cc1.Cc1ccc(C(c2ccccc2)(c2ccc(C3(C)CC[N+](C)(C)CC3)cc2)C(F)(F)F)cc1.O.O=C(c1ccccc1)C(F)(F)F.c1ccccc1. The maximum Gasteiger partial charge on any atom is 0.454 e. The summed E-state index contributed by atoms with van der Waals surface area (Å²) in [5, 5.41) is 0. The fourth-order valence-electron chi connectivity index (χ4n) is 12.2. The standard InChI is InChI=1S/C29H33F3N.C28H30F3N.C8H5F3O.C6H11NO.C6H6.CH4.H2O/c1-22-10-12-25(13-11-22)28(29(30,31)32,24-8-6-5-7-9-24)26-16-14-23(15-17-26)27(2)18-20-33(3,4)21-19-27;1-21-9-11-24(12-10-21)27(28(29,30)31,23-7-5-4-6-8-23)25-15-13-22(14-16-25)26(2)17-19-32(3)20-18-26;9-8(10,11)7(12)6-4-2-1-3-5-6;1-7-4-2-6(8)3-5-7;1-2-4-6-5-3-1;;/h5-17H,18-21H2,1-4H3;4-16H,17-20H2,1-3H3;1-5H;2-5H2,1H3;1-6H;1H4;1H2/q+1;;;;;;. The van der Waals surface area contributed by atoms with E-state index in [1.165, 1.54) is 12.1 Å². The Morgan fingerprint density at radius 1 is 0.409 bits per heavy atom. The Hall–Kier alpha value is -7.69. The van der Waals surface area contributed by atoms with E-state index in [4.69, 9.17) is 0 Å². The molecule has 8 aromatic carbocycles. The van der Waals surface area contributed by atoms with E-state index in [2.05, 4.69) is 44.8 Å². The molecule has 93 heavy (non-hydrogen) atoms. The Labute approximate surface area is 545 Å². The third-order valence-corrected chi connectivity index (χ3v) is 18.4. The second-order valence-corrected chi connectivity index (χ2v) is 25.6. The summed E-state index contributed by atoms with van der Waals surface area (Å²) < 4.78 is 127. The lowest BCUT2D eigenvalue weighted by Gasteiger charge is -2.43. The van der Waals surface area contributed by atoms with E-state index in [0.29, 0.717) is 5.78 Å². The number of carbonyl (C=O) groups is 2. The first kappa shape index (κ1) is 76.0. The lowest BCUT2D eigenvalue weighted by Crippen LogP contribution is -2.50. The highest BCUT2D eigenvalue weighted by Gasteiger charge is 2.59. The Balaban J connectivity index is 0.000000240. The molecule has 3 saturated heterocycles. The first-order valence-corrected chi connectivity index (χ1v) is 30.9. The van der Waals surface area contributed by atoms with Gasteiger partial charge in [0, 0.05) is 49.8 Å². The van der Waals surface area contributed by atoms with Crippen LogP contribution in [0.2, 0.25) is 0 Å². The molecular formula is C78H91F9N3O3+. The van der Waals surface area contributed by atoms with Crippen LogP contribution in [0.5, 0.6) is 0 Å². The zero-order valence-electron chi connectivity index (χ0n) is 53.9. The van der Waals surface area contributed by atoms with Gasteiger partial charge in [-0.2, -0.15) is 39.5 Å². The molecule has 0 saturated carbocycles. The average molecular weight is 1290 g/mol. The predicted molar refractivity (Wildman–Crippen MR) is 358 cm³/mol. The summed E-state index contributed by atoms with van der Waals surface area (Å²) in [5.41, 5.74) is 0.742. The molecule has 498 valence electrons. The topological polar surface area (TPSA) is 72.1 Å². The van der Waals surface area contributed by atoms with Crippen molar-refractivity contribution in [1.82, 2.24) is 9.80 Å². The second kappa shape index (κ2) is 32.4. The molecule has 0 spiro atoms. The van der Waals surface area contributed by atoms with Crippen LogP contribution in [0.25, 0.3) is 0 Å². The molecule has 0 amide bonds. The number of alkyl halides is 9. The van der Waals surface area contributed by atoms with E-state index in [1.807, 2.05) is 81.6 Å². The van der Waals surface area contributed by atoms with Gasteiger partial charge in [0.25, 0.3) is 5.78 Å². The molecule has 3 aliphatic heterocycles. The zero-order valence-corrected chi connectivity index (χ0v) is 53.9. The van der Waals surface area contributed by atoms with Crippen molar-refractivity contribution in [2.45, 2.75) is 114 Å². The van der Waals surface area contributed by atoms with Crippen LogP contribution in [-0.4, -0.2) is 117 Å². The van der Waals surface area contributed by atoms with Gasteiger partial charge in [0.15, 0.2) is 0 Å². The van der Waals surface area contributed by atoms with Crippen molar-refractivity contribution < 1.29 is 59.1 Å². The quantitative estimate of drug-likeness (QED) is 0.0625. The maximum atomic E-state index is 15.1. The van der Waals surface area contributed by atoms with Gasteiger partial charge in [-0.1, -0.05) is 257 Å². The number of Topliss-reactive ketones (excluding diaryl/α,β-unsaturated/α-hetero) is 2. The molecule has 0 radical (unpaired) electrons. The minimum absolute atomic E-state index is 0. The van der Waals surface area contributed by atoms with Crippen molar-refractivity contribution in [2.75, 3.05) is 67.5 Å². The normalized spacial score (nSPS) is 17.5. The molecule has 6 nitrogen and oxygen atoms in total. The first-order valence-electron chi connectivity index (χ1n) is 30.9. The van der Waals surface area contributed by atoms with Crippen molar-refractivity contribution in [1.29, 1.82) is 0 Å². The fraction of sp³-hybridized carbons (Fsp3) is 0.359. The summed E-state index contributed by atoms with van der Waals surface area (Å²) in [6.45, 7) is 14.3. The Kier molecular flexibility index (Phi) is 26.5. The fourth-order valence-corrected chi connectivity index (χ4v) is 12.2. The summed E-state index contributed by atoms with van der Waals surface area (Å²) in [7, 11) is 8.64. The Morgan fingerprint density at radius 2 is 0.677 bits per heavy atom. The third-order valence-electron chi connectivity index (χ3n) is 18.4. The van der Waals surface area contributed by atoms with Crippen molar-refractivity contribution in [2.24, 2.45) is 0 Å². The van der Waals surface area contributed by atoms with Gasteiger partial charge < -0.3 is 19.8 Å². The van der Waals surface area contributed by atoms with Gasteiger partial charge in [-0.05, 0) is 104 Å². The van der Waals surface area contributed by atoms with Crippen molar-refractivity contribution in [3.05, 3.63) is 286 Å². The molecular weight excluding hydrogens is 1200 g/mol. The number of rotatable bonds is 9. The van der Waals surface area contributed by atoms with Gasteiger partial charge in [0.05, 0.1) is 27.2 Å². The molecule has 11 rings (SSSR count). The number of aryl methyl sites for hydroxylation is 2. The van der Waals surface area contributed by atoms with Crippen molar-refractivity contribution in [3.8, 4) is 0 Å². The monoisotopic (exact) mass is 1290 g/mol. The number of piperidine rings is 3. The Bertz CT molecular complexity index is 3470. The Morgan fingerprint density at radius 3 is 0.978 bits per heavy atom. The van der Waals surface area contributed by atoms with Crippen molar-refractivity contribution >= 4 is 11.6 Å². The van der Waals surface area contributed by atoms with E-state index >= 15 is 26.3 Å². The number of quaternary nitrogens is 1. The summed E-state index contributed by atoms with van der Waals surface area (Å²) in [5.74, 6) is -1.38. The molecule has 2 N–H and O–H groups in total. The van der Waals surface area contributed by atoms with Crippen LogP contribution in [0.1, 0.15) is 126 Å². The van der Waals surface area contributed by atoms with Crippen molar-refractivity contribution in [3.63, 3.8) is 0 Å². The summed E-state index contributed by atoms with van der Waals surface area (Å²) in [6, 6.07) is 63.1. The van der Waals surface area contributed by atoms with E-state index in [-0.39, 0.29) is 62.7 Å². The van der Waals surface area contributed by atoms with Gasteiger partial charge in [-0.15, -0.1) is 0 Å². The van der Waals surface area contributed by atoms with Crippen LogP contribution in [-0.2, 0) is 26.5 Å². The second-order valence-electron chi connectivity index (χ2n) is 25.6. The molecule has 0 aromatic heterocycles. The smallest absolute Gasteiger partial charge is 0.412 e.